The second-order valence-corrected chi connectivity index (χ2v) is 6.95. The number of hydrogen-bond donors (Lipinski definition) is 2. The molecule has 6 nitrogen and oxygen atoms in total. The summed E-state index contributed by atoms with van der Waals surface area (Å²) in [5, 5.41) is 2.92. The van der Waals surface area contributed by atoms with Crippen molar-refractivity contribution < 1.29 is 14.3 Å². The minimum atomic E-state index is -0.386. The standard InChI is InChI=1S/C20H25N3O3/c1-4-25-16-8-6-15(7-9-16)22-19(24)12-23-13-20(2,3)26-18-10-5-14(21)11-17(18)23/h5-11H,4,12-13,21H2,1-3H3,(H,22,24). The summed E-state index contributed by atoms with van der Waals surface area (Å²) in [6.07, 6.45) is 0. The molecule has 0 aromatic heterocycles. The minimum absolute atomic E-state index is 0.0970. The van der Waals surface area contributed by atoms with E-state index in [1.165, 1.54) is 0 Å². The Labute approximate surface area is 153 Å². The molecular weight excluding hydrogens is 330 g/mol. The molecule has 0 radical (unpaired) electrons. The first-order valence-corrected chi connectivity index (χ1v) is 8.72. The van der Waals surface area contributed by atoms with E-state index in [4.69, 9.17) is 15.2 Å². The van der Waals surface area contributed by atoms with Crippen LogP contribution >= 0.6 is 0 Å². The lowest BCUT2D eigenvalue weighted by Gasteiger charge is -2.40. The van der Waals surface area contributed by atoms with Crippen LogP contribution in [-0.4, -0.2) is 31.2 Å². The van der Waals surface area contributed by atoms with Crippen LogP contribution in [0, 0.1) is 0 Å². The summed E-state index contributed by atoms with van der Waals surface area (Å²) in [5.41, 5.74) is 7.74. The molecule has 1 aliphatic heterocycles. The van der Waals surface area contributed by atoms with Crippen LogP contribution in [-0.2, 0) is 4.79 Å². The first-order valence-electron chi connectivity index (χ1n) is 8.72. The molecular formula is C20H25N3O3. The van der Waals surface area contributed by atoms with Crippen LogP contribution in [0.15, 0.2) is 42.5 Å². The number of carbonyl (C=O) groups excluding carboxylic acids is 1. The summed E-state index contributed by atoms with van der Waals surface area (Å²) in [6.45, 7) is 7.37. The lowest BCUT2D eigenvalue weighted by Crippen LogP contribution is -2.49. The van der Waals surface area contributed by atoms with E-state index in [-0.39, 0.29) is 18.1 Å². The number of hydrogen-bond acceptors (Lipinski definition) is 5. The minimum Gasteiger partial charge on any atom is -0.494 e. The van der Waals surface area contributed by atoms with Crippen molar-refractivity contribution in [2.75, 3.05) is 35.6 Å². The first kappa shape index (κ1) is 17.9. The molecule has 2 aromatic rings. The molecule has 1 aliphatic rings. The first-order chi connectivity index (χ1) is 12.4. The number of fused-ring (bicyclic) bond motifs is 1. The normalized spacial score (nSPS) is 15.0. The molecule has 0 aliphatic carbocycles. The van der Waals surface area contributed by atoms with Crippen molar-refractivity contribution in [2.24, 2.45) is 0 Å². The van der Waals surface area contributed by atoms with E-state index in [1.807, 2.05) is 62.1 Å². The number of nitrogens with two attached hydrogens (primary N) is 1. The largest absolute Gasteiger partial charge is 0.494 e. The molecule has 0 bridgehead atoms. The molecule has 6 heteroatoms. The molecule has 0 fully saturated rings. The number of nitrogens with zero attached hydrogens (tertiary/aromatic N) is 1. The Balaban J connectivity index is 1.71. The fourth-order valence-electron chi connectivity index (χ4n) is 3.06. The summed E-state index contributed by atoms with van der Waals surface area (Å²) in [4.78, 5) is 14.5. The molecule has 0 atom stereocenters. The van der Waals surface area contributed by atoms with Gasteiger partial charge in [-0.3, -0.25) is 4.79 Å². The maximum absolute atomic E-state index is 12.5. The predicted molar refractivity (Wildman–Crippen MR) is 104 cm³/mol. The molecule has 0 unspecified atom stereocenters. The summed E-state index contributed by atoms with van der Waals surface area (Å²) in [6, 6.07) is 12.8. The van der Waals surface area contributed by atoms with E-state index in [0.29, 0.717) is 18.8 Å². The van der Waals surface area contributed by atoms with E-state index >= 15 is 0 Å². The van der Waals surface area contributed by atoms with E-state index in [2.05, 4.69) is 5.32 Å². The number of rotatable bonds is 5. The third kappa shape index (κ3) is 4.20. The quantitative estimate of drug-likeness (QED) is 0.805. The Hall–Kier alpha value is -2.89. The number of ether oxygens (including phenoxy) is 2. The van der Waals surface area contributed by atoms with Gasteiger partial charge in [-0.05, 0) is 63.2 Å². The second kappa shape index (κ2) is 7.15. The Morgan fingerprint density at radius 2 is 2.00 bits per heavy atom. The number of anilines is 3. The topological polar surface area (TPSA) is 76.8 Å². The Bertz CT molecular complexity index is 787. The third-order valence-corrected chi connectivity index (χ3v) is 4.07. The molecule has 3 rings (SSSR count). The molecule has 0 saturated heterocycles. The Morgan fingerprint density at radius 3 is 2.69 bits per heavy atom. The zero-order valence-electron chi connectivity index (χ0n) is 15.4. The third-order valence-electron chi connectivity index (χ3n) is 4.07. The van der Waals surface area contributed by atoms with Crippen LogP contribution in [0.1, 0.15) is 20.8 Å². The SMILES string of the molecule is CCOc1ccc(NC(=O)CN2CC(C)(C)Oc3ccc(N)cc32)cc1. The van der Waals surface area contributed by atoms with Gasteiger partial charge < -0.3 is 25.4 Å². The Kier molecular flexibility index (Phi) is 4.93. The number of carbonyl (C=O) groups is 1. The fourth-order valence-corrected chi connectivity index (χ4v) is 3.06. The highest BCUT2D eigenvalue weighted by molar-refractivity contribution is 5.94. The maximum Gasteiger partial charge on any atom is 0.243 e. The molecule has 138 valence electrons. The van der Waals surface area contributed by atoms with Crippen molar-refractivity contribution in [1.82, 2.24) is 0 Å². The van der Waals surface area contributed by atoms with Crippen LogP contribution in [0.2, 0.25) is 0 Å². The molecule has 26 heavy (non-hydrogen) atoms. The average molecular weight is 355 g/mol. The van der Waals surface area contributed by atoms with Gasteiger partial charge in [-0.25, -0.2) is 0 Å². The van der Waals surface area contributed by atoms with Gasteiger partial charge in [-0.2, -0.15) is 0 Å². The van der Waals surface area contributed by atoms with Crippen LogP contribution in [0.4, 0.5) is 17.1 Å². The van der Waals surface area contributed by atoms with Crippen molar-refractivity contribution >= 4 is 23.0 Å². The van der Waals surface area contributed by atoms with Gasteiger partial charge in [0.2, 0.25) is 5.91 Å². The van der Waals surface area contributed by atoms with Crippen LogP contribution < -0.4 is 25.4 Å². The van der Waals surface area contributed by atoms with E-state index in [1.54, 1.807) is 6.07 Å². The van der Waals surface area contributed by atoms with Crippen LogP contribution in [0.5, 0.6) is 11.5 Å². The molecule has 0 saturated carbocycles. The molecule has 2 aromatic carbocycles. The highest BCUT2D eigenvalue weighted by Crippen LogP contribution is 2.38. The average Bonchev–Trinajstić information content (AvgIpc) is 2.57. The van der Waals surface area contributed by atoms with Crippen LogP contribution in [0.25, 0.3) is 0 Å². The van der Waals surface area contributed by atoms with E-state index in [9.17, 15) is 4.79 Å². The predicted octanol–water partition coefficient (Wildman–Crippen LogP) is 3.28. The summed E-state index contributed by atoms with van der Waals surface area (Å²) >= 11 is 0. The molecule has 1 heterocycles. The zero-order valence-corrected chi connectivity index (χ0v) is 15.4. The number of nitrogen functional groups attached to an aromatic ring is 1. The van der Waals surface area contributed by atoms with Crippen molar-refractivity contribution in [3.05, 3.63) is 42.5 Å². The van der Waals surface area contributed by atoms with Crippen molar-refractivity contribution in [1.29, 1.82) is 0 Å². The highest BCUT2D eigenvalue weighted by atomic mass is 16.5. The van der Waals surface area contributed by atoms with Crippen LogP contribution in [0.3, 0.4) is 0 Å². The highest BCUT2D eigenvalue weighted by Gasteiger charge is 2.32. The van der Waals surface area contributed by atoms with Gasteiger partial charge in [0, 0.05) is 11.4 Å². The second-order valence-electron chi connectivity index (χ2n) is 6.95. The summed E-state index contributed by atoms with van der Waals surface area (Å²) in [5.74, 6) is 1.43. The van der Waals surface area contributed by atoms with Gasteiger partial charge in [0.1, 0.15) is 17.1 Å². The van der Waals surface area contributed by atoms with E-state index < -0.39 is 0 Å². The zero-order chi connectivity index (χ0) is 18.7. The van der Waals surface area contributed by atoms with Crippen molar-refractivity contribution in [3.63, 3.8) is 0 Å². The molecule has 0 spiro atoms. The lowest BCUT2D eigenvalue weighted by atomic mass is 10.0. The maximum atomic E-state index is 12.5. The molecule has 1 amide bonds. The van der Waals surface area contributed by atoms with Crippen molar-refractivity contribution in [2.45, 2.75) is 26.4 Å². The van der Waals surface area contributed by atoms with E-state index in [0.717, 1.165) is 22.9 Å². The summed E-state index contributed by atoms with van der Waals surface area (Å²) in [7, 11) is 0. The van der Waals surface area contributed by atoms with Gasteiger partial charge in [-0.1, -0.05) is 0 Å². The van der Waals surface area contributed by atoms with Crippen molar-refractivity contribution in [3.8, 4) is 11.5 Å². The Morgan fingerprint density at radius 1 is 1.27 bits per heavy atom. The number of amides is 1. The van der Waals surface area contributed by atoms with Gasteiger partial charge >= 0.3 is 0 Å². The van der Waals surface area contributed by atoms with Gasteiger partial charge in [0.05, 0.1) is 25.4 Å². The van der Waals surface area contributed by atoms with Gasteiger partial charge in [0.25, 0.3) is 0 Å². The van der Waals surface area contributed by atoms with Gasteiger partial charge in [0.15, 0.2) is 0 Å². The lowest BCUT2D eigenvalue weighted by molar-refractivity contribution is -0.115. The number of benzene rings is 2. The molecule has 3 N–H and O–H groups in total. The summed E-state index contributed by atoms with van der Waals surface area (Å²) < 4.78 is 11.4. The number of nitrogens with one attached hydrogen (secondary N) is 1. The fraction of sp³-hybridized carbons (Fsp3) is 0.350. The monoisotopic (exact) mass is 355 g/mol. The smallest absolute Gasteiger partial charge is 0.243 e. The van der Waals surface area contributed by atoms with Gasteiger partial charge in [-0.15, -0.1) is 0 Å².